The third-order valence-corrected chi connectivity index (χ3v) is 4.31. The zero-order valence-electron chi connectivity index (χ0n) is 16.7. The van der Waals surface area contributed by atoms with Gasteiger partial charge >= 0.3 is 6.09 Å². The van der Waals surface area contributed by atoms with Crippen LogP contribution >= 0.6 is 0 Å². The maximum atomic E-state index is 11.9. The van der Waals surface area contributed by atoms with Crippen LogP contribution in [0.2, 0.25) is 0 Å². The van der Waals surface area contributed by atoms with Gasteiger partial charge in [0.1, 0.15) is 24.2 Å². The zero-order chi connectivity index (χ0) is 21.0. The van der Waals surface area contributed by atoms with Gasteiger partial charge in [0, 0.05) is 12.2 Å². The van der Waals surface area contributed by atoms with Gasteiger partial charge in [-0.2, -0.15) is 0 Å². The van der Waals surface area contributed by atoms with Gasteiger partial charge in [-0.25, -0.2) is 4.79 Å². The van der Waals surface area contributed by atoms with Gasteiger partial charge in [0.05, 0.1) is 0 Å². The minimum atomic E-state index is -0.576. The summed E-state index contributed by atoms with van der Waals surface area (Å²) in [5.41, 5.74) is 1.79. The lowest BCUT2D eigenvalue weighted by Crippen LogP contribution is -2.32. The van der Waals surface area contributed by atoms with Gasteiger partial charge in [0.25, 0.3) is 0 Å². The molecule has 6 nitrogen and oxygen atoms in total. The number of amides is 1. The molecule has 0 aromatic heterocycles. The van der Waals surface area contributed by atoms with E-state index in [0.717, 1.165) is 24.3 Å². The van der Waals surface area contributed by atoms with Crippen LogP contribution < -0.4 is 20.1 Å². The number of carbonyl (C=O) groups is 1. The summed E-state index contributed by atoms with van der Waals surface area (Å²) in [6, 6.07) is 25.9. The van der Waals surface area contributed by atoms with E-state index in [2.05, 4.69) is 10.6 Å². The van der Waals surface area contributed by atoms with E-state index in [9.17, 15) is 9.90 Å². The first-order chi connectivity index (χ1) is 14.7. The number of carbonyl (C=O) groups excluding carboxylic acids is 1. The van der Waals surface area contributed by atoms with Crippen LogP contribution in [0.15, 0.2) is 84.9 Å². The number of aliphatic hydroxyl groups is 1. The molecule has 3 aromatic carbocycles. The molecule has 3 N–H and O–H groups in total. The zero-order valence-corrected chi connectivity index (χ0v) is 16.7. The Bertz CT molecular complexity index is 886. The highest BCUT2D eigenvalue weighted by molar-refractivity contribution is 5.86. The van der Waals surface area contributed by atoms with Crippen LogP contribution in [0.5, 0.6) is 11.5 Å². The first-order valence-corrected chi connectivity index (χ1v) is 9.88. The molecular formula is C24H26N2O4. The van der Waals surface area contributed by atoms with Gasteiger partial charge in [-0.15, -0.1) is 0 Å². The molecule has 3 aromatic rings. The molecule has 0 saturated carbocycles. The average molecular weight is 406 g/mol. The molecule has 0 spiro atoms. The first kappa shape index (κ1) is 21.4. The molecule has 0 fully saturated rings. The van der Waals surface area contributed by atoms with E-state index in [1.54, 1.807) is 24.3 Å². The fourth-order valence-corrected chi connectivity index (χ4v) is 2.76. The first-order valence-electron chi connectivity index (χ1n) is 9.88. The highest BCUT2D eigenvalue weighted by Crippen LogP contribution is 2.13. The van der Waals surface area contributed by atoms with Crippen molar-refractivity contribution in [2.45, 2.75) is 12.5 Å². The topological polar surface area (TPSA) is 79.8 Å². The van der Waals surface area contributed by atoms with Crippen LogP contribution in [0.25, 0.3) is 0 Å². The molecule has 0 aliphatic rings. The van der Waals surface area contributed by atoms with Crippen LogP contribution in [0.4, 0.5) is 10.5 Å². The van der Waals surface area contributed by atoms with Crippen molar-refractivity contribution in [1.29, 1.82) is 0 Å². The summed E-state index contributed by atoms with van der Waals surface area (Å²) in [4.78, 5) is 11.9. The Morgan fingerprint density at radius 3 is 2.17 bits per heavy atom. The van der Waals surface area contributed by atoms with Crippen molar-refractivity contribution in [2.75, 3.05) is 25.0 Å². The maximum Gasteiger partial charge on any atom is 0.417 e. The fraction of sp³-hybridized carbons (Fsp3) is 0.208. The SMILES string of the molecule is O=C(Nc1ccc(CCNC[C@H](O)COc2ccccc2)cc1)Oc1ccccc1. The molecule has 156 valence electrons. The van der Waals surface area contributed by atoms with E-state index in [0.29, 0.717) is 18.0 Å². The minimum absolute atomic E-state index is 0.246. The van der Waals surface area contributed by atoms with Crippen molar-refractivity contribution in [3.05, 3.63) is 90.5 Å². The molecule has 6 heteroatoms. The number of nitrogens with one attached hydrogen (secondary N) is 2. The normalized spacial score (nSPS) is 11.5. The molecule has 0 saturated heterocycles. The highest BCUT2D eigenvalue weighted by atomic mass is 16.6. The summed E-state index contributed by atoms with van der Waals surface area (Å²) in [6.45, 7) is 1.43. The second-order valence-corrected chi connectivity index (χ2v) is 6.76. The molecule has 3 rings (SSSR count). The van der Waals surface area contributed by atoms with Crippen LogP contribution in [0.3, 0.4) is 0 Å². The molecule has 0 unspecified atom stereocenters. The van der Waals surface area contributed by atoms with Crippen LogP contribution in [0, 0.1) is 0 Å². The van der Waals surface area contributed by atoms with E-state index in [1.165, 1.54) is 0 Å². The Kier molecular flexibility index (Phi) is 8.26. The van der Waals surface area contributed by atoms with E-state index in [1.807, 2.05) is 60.7 Å². The molecule has 0 radical (unpaired) electrons. The lowest BCUT2D eigenvalue weighted by Gasteiger charge is -2.13. The van der Waals surface area contributed by atoms with Crippen molar-refractivity contribution < 1.29 is 19.4 Å². The van der Waals surface area contributed by atoms with Gasteiger partial charge in [0.2, 0.25) is 0 Å². The number of anilines is 1. The monoisotopic (exact) mass is 406 g/mol. The van der Waals surface area contributed by atoms with Crippen LogP contribution in [-0.2, 0) is 6.42 Å². The van der Waals surface area contributed by atoms with Gasteiger partial charge in [0.15, 0.2) is 0 Å². The summed E-state index contributed by atoms with van der Waals surface area (Å²) in [5.74, 6) is 1.24. The summed E-state index contributed by atoms with van der Waals surface area (Å²) in [7, 11) is 0. The van der Waals surface area contributed by atoms with Crippen LogP contribution in [-0.4, -0.2) is 37.0 Å². The molecule has 0 bridgehead atoms. The van der Waals surface area contributed by atoms with Crippen molar-refractivity contribution in [2.24, 2.45) is 0 Å². The lowest BCUT2D eigenvalue weighted by molar-refractivity contribution is 0.106. The van der Waals surface area contributed by atoms with Gasteiger partial charge in [-0.05, 0) is 54.9 Å². The highest BCUT2D eigenvalue weighted by Gasteiger charge is 2.06. The standard InChI is InChI=1S/C24H26N2O4/c27-21(18-29-22-7-3-1-4-8-22)17-25-16-15-19-11-13-20(14-12-19)26-24(28)30-23-9-5-2-6-10-23/h1-14,21,25,27H,15-18H2,(H,26,28)/t21-/m0/s1. The summed E-state index contributed by atoms with van der Waals surface area (Å²) in [6.07, 6.45) is -0.296. The Hall–Kier alpha value is -3.35. The lowest BCUT2D eigenvalue weighted by atomic mass is 10.1. The fourth-order valence-electron chi connectivity index (χ4n) is 2.76. The number of benzene rings is 3. The predicted octanol–water partition coefficient (Wildman–Crippen LogP) is 3.87. The number of hydrogen-bond acceptors (Lipinski definition) is 5. The Balaban J connectivity index is 1.32. The number of ether oxygens (including phenoxy) is 2. The molecule has 0 heterocycles. The van der Waals surface area contributed by atoms with Gasteiger partial charge in [-0.3, -0.25) is 5.32 Å². The van der Waals surface area contributed by atoms with Crippen molar-refractivity contribution >= 4 is 11.8 Å². The van der Waals surface area contributed by atoms with Crippen molar-refractivity contribution in [1.82, 2.24) is 5.32 Å². The molecular weight excluding hydrogens is 380 g/mol. The molecule has 1 atom stereocenters. The minimum Gasteiger partial charge on any atom is -0.491 e. The van der Waals surface area contributed by atoms with E-state index in [4.69, 9.17) is 9.47 Å². The molecule has 0 aliphatic heterocycles. The smallest absolute Gasteiger partial charge is 0.417 e. The third-order valence-electron chi connectivity index (χ3n) is 4.31. The Morgan fingerprint density at radius 1 is 0.867 bits per heavy atom. The Morgan fingerprint density at radius 2 is 1.50 bits per heavy atom. The number of aliphatic hydroxyl groups excluding tert-OH is 1. The Labute approximate surface area is 176 Å². The quantitative estimate of drug-likeness (QED) is 0.446. The third kappa shape index (κ3) is 7.58. The van der Waals surface area contributed by atoms with E-state index in [-0.39, 0.29) is 6.61 Å². The average Bonchev–Trinajstić information content (AvgIpc) is 2.78. The van der Waals surface area contributed by atoms with E-state index >= 15 is 0 Å². The largest absolute Gasteiger partial charge is 0.491 e. The van der Waals surface area contributed by atoms with Gasteiger partial charge in [-0.1, -0.05) is 48.5 Å². The van der Waals surface area contributed by atoms with Crippen LogP contribution in [0.1, 0.15) is 5.56 Å². The van der Waals surface area contributed by atoms with E-state index < -0.39 is 12.2 Å². The number of para-hydroxylation sites is 2. The second kappa shape index (κ2) is 11.6. The number of rotatable bonds is 10. The summed E-state index contributed by atoms with van der Waals surface area (Å²) in [5, 5.41) is 15.9. The summed E-state index contributed by atoms with van der Waals surface area (Å²) >= 11 is 0. The molecule has 1 amide bonds. The molecule has 0 aliphatic carbocycles. The second-order valence-electron chi connectivity index (χ2n) is 6.76. The molecule has 30 heavy (non-hydrogen) atoms. The van der Waals surface area contributed by atoms with Gasteiger partial charge < -0.3 is 19.9 Å². The maximum absolute atomic E-state index is 11.9. The van der Waals surface area contributed by atoms with Crippen molar-refractivity contribution in [3.8, 4) is 11.5 Å². The van der Waals surface area contributed by atoms with Crippen molar-refractivity contribution in [3.63, 3.8) is 0 Å². The predicted molar refractivity (Wildman–Crippen MR) is 117 cm³/mol. The summed E-state index contributed by atoms with van der Waals surface area (Å²) < 4.78 is 10.7. The number of hydrogen-bond donors (Lipinski definition) is 3.